The Morgan fingerprint density at radius 1 is 1.35 bits per heavy atom. The van der Waals surface area contributed by atoms with E-state index in [9.17, 15) is 0 Å². The second-order valence-corrected chi connectivity index (χ2v) is 5.52. The van der Waals surface area contributed by atoms with Crippen molar-refractivity contribution >= 4 is 15.9 Å². The van der Waals surface area contributed by atoms with Crippen molar-refractivity contribution in [3.8, 4) is 0 Å². The zero-order valence-electron chi connectivity index (χ0n) is 11.0. The highest BCUT2D eigenvalue weighted by Crippen LogP contribution is 2.13. The number of rotatable bonds is 7. The third-order valence-electron chi connectivity index (χ3n) is 2.72. The van der Waals surface area contributed by atoms with Gasteiger partial charge in [0.2, 0.25) is 0 Å². The highest BCUT2D eigenvalue weighted by molar-refractivity contribution is 9.10. The number of nitrogens with zero attached hydrogens (tertiary/aromatic N) is 1. The maximum Gasteiger partial charge on any atom is 0.0234 e. The van der Waals surface area contributed by atoms with Crippen molar-refractivity contribution in [3.05, 3.63) is 34.3 Å². The minimum absolute atomic E-state index is 0.569. The predicted molar refractivity (Wildman–Crippen MR) is 78.2 cm³/mol. The molecule has 17 heavy (non-hydrogen) atoms. The number of nitrogens with one attached hydrogen (secondary N) is 1. The Morgan fingerprint density at radius 3 is 2.71 bits per heavy atom. The molecule has 0 radical (unpaired) electrons. The highest BCUT2D eigenvalue weighted by atomic mass is 79.9. The van der Waals surface area contributed by atoms with Crippen LogP contribution in [0.1, 0.15) is 26.3 Å². The molecule has 2 nitrogen and oxygen atoms in total. The van der Waals surface area contributed by atoms with Crippen LogP contribution in [-0.2, 0) is 6.54 Å². The van der Waals surface area contributed by atoms with Crippen LogP contribution in [0, 0.1) is 0 Å². The molecule has 0 aliphatic heterocycles. The van der Waals surface area contributed by atoms with E-state index in [1.165, 1.54) is 5.56 Å². The Kier molecular flexibility index (Phi) is 6.78. The van der Waals surface area contributed by atoms with Gasteiger partial charge in [-0.1, -0.05) is 48.8 Å². The predicted octanol–water partition coefficient (Wildman–Crippen LogP) is 3.27. The Labute approximate surface area is 114 Å². The van der Waals surface area contributed by atoms with Crippen molar-refractivity contribution in [3.63, 3.8) is 0 Å². The van der Waals surface area contributed by atoms with Crippen molar-refractivity contribution in [2.24, 2.45) is 0 Å². The molecule has 0 aliphatic rings. The Bertz CT molecular complexity index is 326. The highest BCUT2D eigenvalue weighted by Gasteiger charge is 2.04. The molecule has 1 aromatic rings. The summed E-state index contributed by atoms with van der Waals surface area (Å²) in [4.78, 5) is 2.46. The van der Waals surface area contributed by atoms with Crippen LogP contribution < -0.4 is 5.32 Å². The van der Waals surface area contributed by atoms with Crippen molar-refractivity contribution in [1.29, 1.82) is 0 Å². The summed E-state index contributed by atoms with van der Waals surface area (Å²) < 4.78 is 1.16. The number of hydrogen-bond acceptors (Lipinski definition) is 2. The molecule has 0 aromatic heterocycles. The summed E-state index contributed by atoms with van der Waals surface area (Å²) in [5.74, 6) is 0. The van der Waals surface area contributed by atoms with Crippen molar-refractivity contribution in [1.82, 2.24) is 10.2 Å². The summed E-state index contributed by atoms with van der Waals surface area (Å²) in [6.45, 7) is 10.9. The zero-order valence-corrected chi connectivity index (χ0v) is 12.6. The number of hydrogen-bond donors (Lipinski definition) is 1. The molecule has 0 aliphatic carbocycles. The first kappa shape index (κ1) is 14.7. The van der Waals surface area contributed by atoms with Crippen molar-refractivity contribution in [2.75, 3.05) is 19.6 Å². The lowest BCUT2D eigenvalue weighted by atomic mass is 10.2. The van der Waals surface area contributed by atoms with Crippen LogP contribution in [0.2, 0.25) is 0 Å². The van der Waals surface area contributed by atoms with E-state index in [1.54, 1.807) is 0 Å². The van der Waals surface area contributed by atoms with E-state index in [0.29, 0.717) is 6.04 Å². The Morgan fingerprint density at radius 2 is 2.12 bits per heavy atom. The first-order valence-corrected chi connectivity index (χ1v) is 7.11. The fourth-order valence-corrected chi connectivity index (χ4v) is 2.20. The molecule has 0 amide bonds. The SMILES string of the molecule is CCN(CCNC(C)C)Cc1cccc(Br)c1. The van der Waals surface area contributed by atoms with E-state index in [2.05, 4.69) is 71.2 Å². The maximum atomic E-state index is 3.51. The smallest absolute Gasteiger partial charge is 0.0234 e. The van der Waals surface area contributed by atoms with E-state index in [-0.39, 0.29) is 0 Å². The van der Waals surface area contributed by atoms with Crippen LogP contribution in [0.25, 0.3) is 0 Å². The van der Waals surface area contributed by atoms with Crippen LogP contribution in [0.5, 0.6) is 0 Å². The largest absolute Gasteiger partial charge is 0.313 e. The van der Waals surface area contributed by atoms with E-state index in [4.69, 9.17) is 0 Å². The zero-order chi connectivity index (χ0) is 12.7. The van der Waals surface area contributed by atoms with Crippen LogP contribution in [-0.4, -0.2) is 30.6 Å². The summed E-state index contributed by atoms with van der Waals surface area (Å²) >= 11 is 3.51. The summed E-state index contributed by atoms with van der Waals surface area (Å²) in [5, 5.41) is 3.46. The maximum absolute atomic E-state index is 3.51. The third-order valence-corrected chi connectivity index (χ3v) is 3.22. The summed E-state index contributed by atoms with van der Waals surface area (Å²) in [6.07, 6.45) is 0. The summed E-state index contributed by atoms with van der Waals surface area (Å²) in [7, 11) is 0. The minimum Gasteiger partial charge on any atom is -0.313 e. The van der Waals surface area contributed by atoms with Crippen molar-refractivity contribution < 1.29 is 0 Å². The van der Waals surface area contributed by atoms with E-state index in [0.717, 1.165) is 30.7 Å². The standard InChI is InChI=1S/C14H23BrN2/c1-4-17(9-8-16-12(2)3)11-13-6-5-7-14(15)10-13/h5-7,10,12,16H,4,8-9,11H2,1-3H3. The Balaban J connectivity index is 2.41. The van der Waals surface area contributed by atoms with Gasteiger partial charge in [-0.25, -0.2) is 0 Å². The first-order valence-electron chi connectivity index (χ1n) is 6.32. The lowest BCUT2D eigenvalue weighted by molar-refractivity contribution is 0.276. The molecule has 0 unspecified atom stereocenters. The van der Waals surface area contributed by atoms with Gasteiger partial charge in [0.25, 0.3) is 0 Å². The van der Waals surface area contributed by atoms with Gasteiger partial charge < -0.3 is 5.32 Å². The van der Waals surface area contributed by atoms with Gasteiger partial charge in [-0.05, 0) is 24.2 Å². The molecule has 0 saturated heterocycles. The van der Waals surface area contributed by atoms with E-state index < -0.39 is 0 Å². The van der Waals surface area contributed by atoms with Crippen LogP contribution in [0.3, 0.4) is 0 Å². The van der Waals surface area contributed by atoms with Gasteiger partial charge in [0.05, 0.1) is 0 Å². The van der Waals surface area contributed by atoms with Crippen LogP contribution >= 0.6 is 15.9 Å². The first-order chi connectivity index (χ1) is 8.11. The monoisotopic (exact) mass is 298 g/mol. The molecule has 0 saturated carbocycles. The minimum atomic E-state index is 0.569. The topological polar surface area (TPSA) is 15.3 Å². The molecule has 1 N–H and O–H groups in total. The van der Waals surface area contributed by atoms with E-state index in [1.807, 2.05) is 0 Å². The molecular formula is C14H23BrN2. The lowest BCUT2D eigenvalue weighted by Crippen LogP contribution is -2.34. The second kappa shape index (κ2) is 7.85. The average molecular weight is 299 g/mol. The van der Waals surface area contributed by atoms with Gasteiger partial charge in [-0.15, -0.1) is 0 Å². The second-order valence-electron chi connectivity index (χ2n) is 4.61. The van der Waals surface area contributed by atoms with Gasteiger partial charge in [-0.3, -0.25) is 4.90 Å². The van der Waals surface area contributed by atoms with Crippen LogP contribution in [0.15, 0.2) is 28.7 Å². The molecule has 0 spiro atoms. The Hall–Kier alpha value is -0.380. The van der Waals surface area contributed by atoms with Gasteiger partial charge in [0, 0.05) is 30.1 Å². The normalized spacial score (nSPS) is 11.4. The van der Waals surface area contributed by atoms with E-state index >= 15 is 0 Å². The molecule has 0 bridgehead atoms. The third kappa shape index (κ3) is 6.20. The molecule has 96 valence electrons. The fourth-order valence-electron chi connectivity index (χ4n) is 1.75. The number of halogens is 1. The van der Waals surface area contributed by atoms with Gasteiger partial charge in [0.15, 0.2) is 0 Å². The lowest BCUT2D eigenvalue weighted by Gasteiger charge is -2.21. The molecule has 3 heteroatoms. The molecule has 0 heterocycles. The van der Waals surface area contributed by atoms with Gasteiger partial charge >= 0.3 is 0 Å². The summed E-state index contributed by atoms with van der Waals surface area (Å²) in [6, 6.07) is 9.11. The quantitative estimate of drug-likeness (QED) is 0.831. The fraction of sp³-hybridized carbons (Fsp3) is 0.571. The molecule has 1 aromatic carbocycles. The molecule has 1 rings (SSSR count). The number of likely N-dealkylation sites (N-methyl/N-ethyl adjacent to an activating group) is 1. The van der Waals surface area contributed by atoms with Crippen LogP contribution in [0.4, 0.5) is 0 Å². The summed E-state index contributed by atoms with van der Waals surface area (Å²) in [5.41, 5.74) is 1.37. The molecular weight excluding hydrogens is 276 g/mol. The molecule has 0 atom stereocenters. The van der Waals surface area contributed by atoms with Gasteiger partial charge in [-0.2, -0.15) is 0 Å². The number of benzene rings is 1. The van der Waals surface area contributed by atoms with Gasteiger partial charge in [0.1, 0.15) is 0 Å². The average Bonchev–Trinajstić information content (AvgIpc) is 2.27. The van der Waals surface area contributed by atoms with Crippen molar-refractivity contribution in [2.45, 2.75) is 33.4 Å². The molecule has 0 fully saturated rings.